The predicted molar refractivity (Wildman–Crippen MR) is 101 cm³/mol. The second-order valence-electron chi connectivity index (χ2n) is 7.20. The molecule has 0 spiro atoms. The minimum absolute atomic E-state index is 0.0882. The van der Waals surface area contributed by atoms with Crippen LogP contribution in [-0.4, -0.2) is 42.6 Å². The van der Waals surface area contributed by atoms with Crippen molar-refractivity contribution in [3.05, 3.63) is 66.0 Å². The Morgan fingerprint density at radius 1 is 1.04 bits per heavy atom. The van der Waals surface area contributed by atoms with E-state index in [1.165, 1.54) is 11.6 Å². The molecule has 0 aromatic heterocycles. The molecule has 136 valence electrons. The molecule has 5 heteroatoms. The van der Waals surface area contributed by atoms with Gasteiger partial charge in [-0.05, 0) is 43.5 Å². The van der Waals surface area contributed by atoms with Crippen LogP contribution in [0.15, 0.2) is 54.6 Å². The standard InChI is InChI=1S/C21H24FN3O/c22-18-9-4-5-10-19(18)24-13-14-25(20(24)26)21(11-6-12-23-16-21)15-17-7-2-1-3-8-17/h1-5,7-10,23H,6,11-16H2. The zero-order chi connectivity index (χ0) is 18.0. The van der Waals surface area contributed by atoms with Crippen LogP contribution in [0.5, 0.6) is 0 Å². The molecular formula is C21H24FN3O. The van der Waals surface area contributed by atoms with Gasteiger partial charge in [-0.25, -0.2) is 9.18 Å². The highest BCUT2D eigenvalue weighted by atomic mass is 19.1. The number of urea groups is 1. The van der Waals surface area contributed by atoms with Gasteiger partial charge < -0.3 is 10.2 Å². The first-order valence-electron chi connectivity index (χ1n) is 9.28. The molecule has 4 nitrogen and oxygen atoms in total. The maximum atomic E-state index is 14.2. The lowest BCUT2D eigenvalue weighted by atomic mass is 9.82. The van der Waals surface area contributed by atoms with E-state index in [1.54, 1.807) is 23.1 Å². The number of nitrogens with zero attached hydrogens (tertiary/aromatic N) is 2. The number of benzene rings is 2. The summed E-state index contributed by atoms with van der Waals surface area (Å²) in [4.78, 5) is 16.8. The van der Waals surface area contributed by atoms with Gasteiger partial charge in [-0.15, -0.1) is 0 Å². The van der Waals surface area contributed by atoms with E-state index < -0.39 is 0 Å². The molecule has 26 heavy (non-hydrogen) atoms. The monoisotopic (exact) mass is 353 g/mol. The number of para-hydroxylation sites is 1. The Bertz CT molecular complexity index is 774. The zero-order valence-electron chi connectivity index (χ0n) is 14.8. The molecule has 0 aliphatic carbocycles. The highest BCUT2D eigenvalue weighted by molar-refractivity contribution is 5.94. The number of anilines is 1. The summed E-state index contributed by atoms with van der Waals surface area (Å²) in [5.74, 6) is -0.346. The first-order chi connectivity index (χ1) is 12.7. The number of halogens is 1. The van der Waals surface area contributed by atoms with E-state index in [-0.39, 0.29) is 17.4 Å². The largest absolute Gasteiger partial charge is 0.325 e. The van der Waals surface area contributed by atoms with Gasteiger partial charge in [0.15, 0.2) is 0 Å². The van der Waals surface area contributed by atoms with E-state index in [0.29, 0.717) is 18.8 Å². The van der Waals surface area contributed by atoms with Crippen molar-refractivity contribution >= 4 is 11.7 Å². The molecule has 0 bridgehead atoms. The topological polar surface area (TPSA) is 35.6 Å². The maximum absolute atomic E-state index is 14.2. The van der Waals surface area contributed by atoms with Gasteiger partial charge in [0.05, 0.1) is 11.2 Å². The number of hydrogen-bond donors (Lipinski definition) is 1. The van der Waals surface area contributed by atoms with Crippen LogP contribution in [-0.2, 0) is 6.42 Å². The first-order valence-corrected chi connectivity index (χ1v) is 9.28. The summed E-state index contributed by atoms with van der Waals surface area (Å²) >= 11 is 0. The summed E-state index contributed by atoms with van der Waals surface area (Å²) in [7, 11) is 0. The fraction of sp³-hybridized carbons (Fsp3) is 0.381. The van der Waals surface area contributed by atoms with Crippen molar-refractivity contribution in [1.82, 2.24) is 10.2 Å². The molecule has 2 fully saturated rings. The Morgan fingerprint density at radius 3 is 2.54 bits per heavy atom. The molecule has 2 amide bonds. The highest BCUT2D eigenvalue weighted by Crippen LogP contribution is 2.34. The fourth-order valence-electron chi connectivity index (χ4n) is 4.28. The average Bonchev–Trinajstić information content (AvgIpc) is 3.06. The Balaban J connectivity index is 1.62. The quantitative estimate of drug-likeness (QED) is 0.914. The first kappa shape index (κ1) is 17.0. The molecule has 2 heterocycles. The summed E-state index contributed by atoms with van der Waals surface area (Å²) in [6, 6.07) is 16.7. The average molecular weight is 353 g/mol. The van der Waals surface area contributed by atoms with Gasteiger partial charge in [0.1, 0.15) is 5.82 Å². The van der Waals surface area contributed by atoms with E-state index >= 15 is 0 Å². The Hall–Kier alpha value is -2.40. The Labute approximate surface area is 153 Å². The van der Waals surface area contributed by atoms with Crippen LogP contribution in [0.25, 0.3) is 0 Å². The van der Waals surface area contributed by atoms with Gasteiger partial charge in [0, 0.05) is 19.6 Å². The van der Waals surface area contributed by atoms with Gasteiger partial charge in [0.2, 0.25) is 0 Å². The minimum Gasteiger partial charge on any atom is -0.315 e. The van der Waals surface area contributed by atoms with Gasteiger partial charge >= 0.3 is 6.03 Å². The lowest BCUT2D eigenvalue weighted by molar-refractivity contribution is 0.108. The maximum Gasteiger partial charge on any atom is 0.325 e. The second-order valence-corrected chi connectivity index (χ2v) is 7.20. The fourth-order valence-corrected chi connectivity index (χ4v) is 4.28. The summed E-state index contributed by atoms with van der Waals surface area (Å²) in [6.45, 7) is 2.91. The molecule has 0 saturated carbocycles. The van der Waals surface area contributed by atoms with E-state index in [4.69, 9.17) is 0 Å². The molecule has 2 aliphatic heterocycles. The molecule has 2 aromatic carbocycles. The number of nitrogens with one attached hydrogen (secondary N) is 1. The van der Waals surface area contributed by atoms with Crippen LogP contribution in [0.2, 0.25) is 0 Å². The number of amides is 2. The lowest BCUT2D eigenvalue weighted by Crippen LogP contribution is -2.60. The van der Waals surface area contributed by atoms with Crippen LogP contribution >= 0.6 is 0 Å². The third-order valence-corrected chi connectivity index (χ3v) is 5.55. The van der Waals surface area contributed by atoms with Crippen molar-refractivity contribution in [3.8, 4) is 0 Å². The molecule has 2 aliphatic rings. The summed E-state index contributed by atoms with van der Waals surface area (Å²) in [5.41, 5.74) is 1.35. The van der Waals surface area contributed by atoms with Gasteiger partial charge in [0.25, 0.3) is 0 Å². The normalized spacial score (nSPS) is 23.5. The third kappa shape index (κ3) is 3.07. The number of rotatable bonds is 4. The second kappa shape index (κ2) is 7.08. The lowest BCUT2D eigenvalue weighted by Gasteiger charge is -2.45. The number of carbonyl (C=O) groups is 1. The number of carbonyl (C=O) groups excluding carboxylic acids is 1. The van der Waals surface area contributed by atoms with Crippen LogP contribution in [0, 0.1) is 5.82 Å². The van der Waals surface area contributed by atoms with Gasteiger partial charge in [-0.1, -0.05) is 42.5 Å². The van der Waals surface area contributed by atoms with Crippen LogP contribution in [0.3, 0.4) is 0 Å². The van der Waals surface area contributed by atoms with Crippen molar-refractivity contribution in [2.24, 2.45) is 0 Å². The van der Waals surface area contributed by atoms with Crippen LogP contribution in [0.4, 0.5) is 14.9 Å². The molecule has 0 radical (unpaired) electrons. The summed E-state index contributed by atoms with van der Waals surface area (Å²) in [6.07, 6.45) is 2.82. The molecule has 4 rings (SSSR count). The molecule has 1 atom stereocenters. The van der Waals surface area contributed by atoms with E-state index in [2.05, 4.69) is 17.4 Å². The minimum atomic E-state index is -0.346. The summed E-state index contributed by atoms with van der Waals surface area (Å²) in [5, 5.41) is 3.47. The van der Waals surface area contributed by atoms with E-state index in [0.717, 1.165) is 32.4 Å². The van der Waals surface area contributed by atoms with Crippen molar-refractivity contribution in [3.63, 3.8) is 0 Å². The number of hydrogen-bond acceptors (Lipinski definition) is 2. The van der Waals surface area contributed by atoms with Gasteiger partial charge in [-0.3, -0.25) is 4.90 Å². The van der Waals surface area contributed by atoms with Crippen LogP contribution in [0.1, 0.15) is 18.4 Å². The molecule has 1 unspecified atom stereocenters. The van der Waals surface area contributed by atoms with Crippen molar-refractivity contribution in [1.29, 1.82) is 0 Å². The highest BCUT2D eigenvalue weighted by Gasteiger charge is 2.45. The van der Waals surface area contributed by atoms with Gasteiger partial charge in [-0.2, -0.15) is 0 Å². The predicted octanol–water partition coefficient (Wildman–Crippen LogP) is 3.43. The summed E-state index contributed by atoms with van der Waals surface area (Å²) < 4.78 is 14.2. The Kier molecular flexibility index (Phi) is 4.64. The molecule has 2 aromatic rings. The van der Waals surface area contributed by atoms with E-state index in [9.17, 15) is 9.18 Å². The molecular weight excluding hydrogens is 329 g/mol. The Morgan fingerprint density at radius 2 is 1.81 bits per heavy atom. The van der Waals surface area contributed by atoms with E-state index in [1.807, 2.05) is 23.1 Å². The zero-order valence-corrected chi connectivity index (χ0v) is 14.8. The van der Waals surface area contributed by atoms with Crippen LogP contribution < -0.4 is 10.2 Å². The smallest absolute Gasteiger partial charge is 0.315 e. The number of piperidine rings is 1. The molecule has 2 saturated heterocycles. The molecule has 1 N–H and O–H groups in total. The SMILES string of the molecule is O=C1N(c2ccccc2F)CCN1C1(Cc2ccccc2)CCCNC1. The van der Waals surface area contributed by atoms with Crippen molar-refractivity contribution < 1.29 is 9.18 Å². The third-order valence-electron chi connectivity index (χ3n) is 5.55. The van der Waals surface area contributed by atoms with Crippen molar-refractivity contribution in [2.75, 3.05) is 31.1 Å². The van der Waals surface area contributed by atoms with Crippen molar-refractivity contribution in [2.45, 2.75) is 24.8 Å².